The molecular formula is C12H9ClNO. The molecule has 0 amide bonds. The average molecular weight is 219 g/mol. The van der Waals surface area contributed by atoms with Crippen molar-refractivity contribution in [3.05, 3.63) is 54.4 Å². The van der Waals surface area contributed by atoms with E-state index < -0.39 is 0 Å². The summed E-state index contributed by atoms with van der Waals surface area (Å²) in [5.41, 5.74) is 0.919. The Morgan fingerprint density at radius 2 is 2.27 bits per heavy atom. The summed E-state index contributed by atoms with van der Waals surface area (Å²) in [4.78, 5) is 3.96. The number of para-hydroxylation sites is 1. The normalized spacial score (nSPS) is 9.93. The molecule has 75 valence electrons. The minimum absolute atomic E-state index is 0.410. The summed E-state index contributed by atoms with van der Waals surface area (Å²) in [5, 5.41) is 0. The first-order valence-electron chi connectivity index (χ1n) is 4.53. The molecule has 1 aromatic heterocycles. The smallest absolute Gasteiger partial charge is 0.145 e. The number of aromatic nitrogens is 1. The first kappa shape index (κ1) is 9.99. The van der Waals surface area contributed by atoms with Crippen LogP contribution in [0.2, 0.25) is 0 Å². The lowest BCUT2D eigenvalue weighted by Crippen LogP contribution is -1.89. The van der Waals surface area contributed by atoms with E-state index in [1.807, 2.05) is 24.3 Å². The molecule has 1 aromatic carbocycles. The van der Waals surface area contributed by atoms with Gasteiger partial charge in [0.1, 0.15) is 11.5 Å². The van der Waals surface area contributed by atoms with Gasteiger partial charge >= 0.3 is 0 Å². The summed E-state index contributed by atoms with van der Waals surface area (Å²) in [6.45, 7) is 0. The second-order valence-electron chi connectivity index (χ2n) is 2.95. The van der Waals surface area contributed by atoms with Gasteiger partial charge in [-0.1, -0.05) is 18.2 Å². The highest BCUT2D eigenvalue weighted by Crippen LogP contribution is 2.24. The largest absolute Gasteiger partial charge is 0.455 e. The van der Waals surface area contributed by atoms with Gasteiger partial charge in [-0.2, -0.15) is 0 Å². The zero-order valence-electron chi connectivity index (χ0n) is 7.98. The minimum atomic E-state index is 0.410. The van der Waals surface area contributed by atoms with Gasteiger partial charge in [-0.05, 0) is 12.1 Å². The molecule has 1 heterocycles. The SMILES string of the molecule is ClCc1ccc[c]c1Oc1cccnc1. The van der Waals surface area contributed by atoms with Crippen molar-refractivity contribution in [3.63, 3.8) is 0 Å². The summed E-state index contributed by atoms with van der Waals surface area (Å²) in [6, 6.07) is 12.2. The second kappa shape index (κ2) is 4.80. The van der Waals surface area contributed by atoms with Gasteiger partial charge in [0, 0.05) is 17.8 Å². The predicted molar refractivity (Wildman–Crippen MR) is 59.1 cm³/mol. The number of hydrogen-bond donors (Lipinski definition) is 0. The zero-order chi connectivity index (χ0) is 10.5. The third-order valence-corrected chi connectivity index (χ3v) is 2.19. The molecule has 0 aliphatic carbocycles. The Morgan fingerprint density at radius 1 is 1.33 bits per heavy atom. The van der Waals surface area contributed by atoms with Gasteiger partial charge in [-0.15, -0.1) is 11.6 Å². The quantitative estimate of drug-likeness (QED) is 0.737. The van der Waals surface area contributed by atoms with Crippen LogP contribution in [0.3, 0.4) is 0 Å². The van der Waals surface area contributed by atoms with E-state index in [-0.39, 0.29) is 0 Å². The fourth-order valence-electron chi connectivity index (χ4n) is 1.18. The summed E-state index contributed by atoms with van der Waals surface area (Å²) in [5.74, 6) is 1.75. The Morgan fingerprint density at radius 3 is 3.00 bits per heavy atom. The standard InChI is InChI=1S/C12H9ClNO/c13-8-10-4-1-2-6-12(10)15-11-5-3-7-14-9-11/h1-5,7,9H,8H2. The number of halogens is 1. The Labute approximate surface area is 93.5 Å². The second-order valence-corrected chi connectivity index (χ2v) is 3.22. The lowest BCUT2D eigenvalue weighted by atomic mass is 10.2. The van der Waals surface area contributed by atoms with Crippen LogP contribution in [0.1, 0.15) is 5.56 Å². The van der Waals surface area contributed by atoms with Crippen molar-refractivity contribution < 1.29 is 4.74 Å². The van der Waals surface area contributed by atoms with E-state index in [9.17, 15) is 0 Å². The maximum absolute atomic E-state index is 5.78. The van der Waals surface area contributed by atoms with Crippen LogP contribution < -0.4 is 4.74 Å². The molecular weight excluding hydrogens is 210 g/mol. The van der Waals surface area contributed by atoms with Gasteiger partial charge in [-0.25, -0.2) is 0 Å². The molecule has 0 aliphatic rings. The zero-order valence-corrected chi connectivity index (χ0v) is 8.74. The molecule has 15 heavy (non-hydrogen) atoms. The van der Waals surface area contributed by atoms with Crippen molar-refractivity contribution >= 4 is 11.6 Å². The van der Waals surface area contributed by atoms with Crippen molar-refractivity contribution in [1.82, 2.24) is 4.98 Å². The first-order chi connectivity index (χ1) is 7.40. The highest BCUT2D eigenvalue weighted by molar-refractivity contribution is 6.17. The Kier molecular flexibility index (Phi) is 3.20. The highest BCUT2D eigenvalue weighted by Gasteiger charge is 2.02. The maximum atomic E-state index is 5.78. The van der Waals surface area contributed by atoms with Gasteiger partial charge in [0.15, 0.2) is 0 Å². The van der Waals surface area contributed by atoms with Crippen molar-refractivity contribution in [2.24, 2.45) is 0 Å². The van der Waals surface area contributed by atoms with E-state index in [0.717, 1.165) is 5.56 Å². The molecule has 0 unspecified atom stereocenters. The molecule has 2 aromatic rings. The first-order valence-corrected chi connectivity index (χ1v) is 5.07. The van der Waals surface area contributed by atoms with Gasteiger partial charge < -0.3 is 4.74 Å². The van der Waals surface area contributed by atoms with Crippen LogP contribution in [0.25, 0.3) is 0 Å². The van der Waals surface area contributed by atoms with E-state index in [4.69, 9.17) is 16.3 Å². The van der Waals surface area contributed by atoms with Crippen LogP contribution in [-0.2, 0) is 5.88 Å². The Balaban J connectivity index is 2.24. The van der Waals surface area contributed by atoms with Crippen molar-refractivity contribution in [1.29, 1.82) is 0 Å². The third-order valence-electron chi connectivity index (χ3n) is 1.90. The maximum Gasteiger partial charge on any atom is 0.145 e. The van der Waals surface area contributed by atoms with Crippen LogP contribution in [-0.4, -0.2) is 4.98 Å². The Hall–Kier alpha value is -1.54. The number of pyridine rings is 1. The number of benzene rings is 1. The number of ether oxygens (including phenoxy) is 1. The van der Waals surface area contributed by atoms with E-state index >= 15 is 0 Å². The third kappa shape index (κ3) is 2.48. The molecule has 1 radical (unpaired) electrons. The van der Waals surface area contributed by atoms with Crippen LogP contribution >= 0.6 is 11.6 Å². The van der Waals surface area contributed by atoms with Crippen LogP contribution in [0.5, 0.6) is 11.5 Å². The minimum Gasteiger partial charge on any atom is -0.455 e. The molecule has 0 aliphatic heterocycles. The molecule has 0 atom stereocenters. The molecule has 3 heteroatoms. The summed E-state index contributed by atoms with van der Waals surface area (Å²) in [6.07, 6.45) is 3.35. The van der Waals surface area contributed by atoms with E-state index in [1.165, 1.54) is 0 Å². The molecule has 0 fully saturated rings. The number of rotatable bonds is 3. The Bertz CT molecular complexity index is 431. The fraction of sp³-hybridized carbons (Fsp3) is 0.0833. The van der Waals surface area contributed by atoms with Crippen molar-refractivity contribution in [2.75, 3.05) is 0 Å². The highest BCUT2D eigenvalue weighted by atomic mass is 35.5. The molecule has 0 bridgehead atoms. The monoisotopic (exact) mass is 218 g/mol. The van der Waals surface area contributed by atoms with Crippen LogP contribution in [0.4, 0.5) is 0 Å². The predicted octanol–water partition coefficient (Wildman–Crippen LogP) is 3.41. The summed E-state index contributed by atoms with van der Waals surface area (Å²) < 4.78 is 5.60. The summed E-state index contributed by atoms with van der Waals surface area (Å²) in [7, 11) is 0. The number of hydrogen-bond acceptors (Lipinski definition) is 2. The van der Waals surface area contributed by atoms with Gasteiger partial charge in [0.25, 0.3) is 0 Å². The molecule has 0 saturated heterocycles. The summed E-state index contributed by atoms with van der Waals surface area (Å²) >= 11 is 5.78. The molecule has 0 N–H and O–H groups in total. The van der Waals surface area contributed by atoms with Crippen LogP contribution in [0, 0.1) is 6.07 Å². The average Bonchev–Trinajstić information content (AvgIpc) is 2.31. The van der Waals surface area contributed by atoms with Crippen molar-refractivity contribution in [2.45, 2.75) is 5.88 Å². The van der Waals surface area contributed by atoms with Gasteiger partial charge in [-0.3, -0.25) is 4.98 Å². The topological polar surface area (TPSA) is 22.1 Å². The fourth-order valence-corrected chi connectivity index (χ4v) is 1.39. The van der Waals surface area contributed by atoms with Gasteiger partial charge in [0.05, 0.1) is 12.1 Å². The van der Waals surface area contributed by atoms with Crippen LogP contribution in [0.15, 0.2) is 42.7 Å². The molecule has 2 nitrogen and oxygen atoms in total. The van der Waals surface area contributed by atoms with Crippen molar-refractivity contribution in [3.8, 4) is 11.5 Å². The van der Waals surface area contributed by atoms with E-state index in [2.05, 4.69) is 11.1 Å². The number of nitrogens with zero attached hydrogens (tertiary/aromatic N) is 1. The lowest BCUT2D eigenvalue weighted by Gasteiger charge is -2.07. The lowest BCUT2D eigenvalue weighted by molar-refractivity contribution is 0.475. The van der Waals surface area contributed by atoms with E-state index in [1.54, 1.807) is 18.5 Å². The van der Waals surface area contributed by atoms with Gasteiger partial charge in [0.2, 0.25) is 0 Å². The molecule has 0 saturated carbocycles. The molecule has 0 spiro atoms. The molecule has 2 rings (SSSR count). The number of alkyl halides is 1. The van der Waals surface area contributed by atoms with E-state index in [0.29, 0.717) is 17.4 Å².